The molecule has 140 valence electrons. The van der Waals surface area contributed by atoms with Gasteiger partial charge in [0.15, 0.2) is 11.6 Å². The molecule has 0 unspecified atom stereocenters. The number of nitrogens with zero attached hydrogens (tertiary/aromatic N) is 2. The lowest BCUT2D eigenvalue weighted by Crippen LogP contribution is -2.14. The highest BCUT2D eigenvalue weighted by Crippen LogP contribution is 2.20. The fourth-order valence-corrected chi connectivity index (χ4v) is 3.05. The number of anilines is 2. The molecule has 1 aromatic carbocycles. The van der Waals surface area contributed by atoms with Crippen molar-refractivity contribution in [2.45, 2.75) is 11.8 Å². The van der Waals surface area contributed by atoms with Crippen LogP contribution >= 0.6 is 0 Å². The van der Waals surface area contributed by atoms with Gasteiger partial charge in [-0.05, 0) is 37.3 Å². The van der Waals surface area contributed by atoms with Crippen LogP contribution in [0.25, 0.3) is 0 Å². The van der Waals surface area contributed by atoms with E-state index in [1.165, 1.54) is 30.3 Å². The fraction of sp³-hybridized carbons (Fsp3) is 0.0667. The minimum Gasteiger partial charge on any atom is -0.395 e. The van der Waals surface area contributed by atoms with Gasteiger partial charge in [-0.15, -0.1) is 0 Å². The SMILES string of the molecule is Cc1cc(NS(=O)(=O)c2ccc(NC(=O)c3ccc([N+](=O)[O-])o3)cc2)no1. The van der Waals surface area contributed by atoms with Gasteiger partial charge in [0, 0.05) is 11.8 Å². The molecule has 3 aromatic rings. The van der Waals surface area contributed by atoms with Gasteiger partial charge in [-0.25, -0.2) is 8.42 Å². The Hall–Kier alpha value is -3.67. The minimum absolute atomic E-state index is 0.0456. The number of nitrogens with one attached hydrogen (secondary N) is 2. The van der Waals surface area contributed by atoms with Crippen LogP contribution in [-0.2, 0) is 10.0 Å². The normalized spacial score (nSPS) is 11.1. The van der Waals surface area contributed by atoms with Crippen LogP contribution in [0.3, 0.4) is 0 Å². The third kappa shape index (κ3) is 4.12. The molecule has 0 saturated heterocycles. The van der Waals surface area contributed by atoms with Gasteiger partial charge in [0.1, 0.15) is 10.7 Å². The Morgan fingerprint density at radius 2 is 1.89 bits per heavy atom. The molecule has 0 spiro atoms. The highest BCUT2D eigenvalue weighted by Gasteiger charge is 2.19. The fourth-order valence-electron chi connectivity index (χ4n) is 2.07. The number of carbonyl (C=O) groups is 1. The molecule has 0 aliphatic carbocycles. The number of aromatic nitrogens is 1. The van der Waals surface area contributed by atoms with Crippen LogP contribution in [0.15, 0.2) is 56.3 Å². The summed E-state index contributed by atoms with van der Waals surface area (Å²) < 4.78 is 36.4. The summed E-state index contributed by atoms with van der Waals surface area (Å²) >= 11 is 0. The van der Waals surface area contributed by atoms with Crippen LogP contribution in [0.4, 0.5) is 17.4 Å². The third-order valence-corrected chi connectivity index (χ3v) is 4.66. The lowest BCUT2D eigenvalue weighted by Gasteiger charge is -2.07. The molecule has 1 amide bonds. The number of rotatable bonds is 6. The molecule has 2 heterocycles. The van der Waals surface area contributed by atoms with Crippen molar-refractivity contribution in [1.29, 1.82) is 0 Å². The van der Waals surface area contributed by atoms with Gasteiger partial charge < -0.3 is 14.3 Å². The van der Waals surface area contributed by atoms with Gasteiger partial charge in [-0.2, -0.15) is 0 Å². The predicted octanol–water partition coefficient (Wildman–Crippen LogP) is 2.54. The van der Waals surface area contributed by atoms with E-state index in [1.807, 2.05) is 0 Å². The van der Waals surface area contributed by atoms with Crippen molar-refractivity contribution < 1.29 is 27.1 Å². The Morgan fingerprint density at radius 1 is 1.19 bits per heavy atom. The van der Waals surface area contributed by atoms with Crippen molar-refractivity contribution in [3.63, 3.8) is 0 Å². The monoisotopic (exact) mass is 392 g/mol. The molecular weight excluding hydrogens is 380 g/mol. The smallest absolute Gasteiger partial charge is 0.395 e. The van der Waals surface area contributed by atoms with E-state index in [1.54, 1.807) is 6.92 Å². The Morgan fingerprint density at radius 3 is 2.44 bits per heavy atom. The molecule has 0 aliphatic heterocycles. The summed E-state index contributed by atoms with van der Waals surface area (Å²) in [7, 11) is -3.88. The van der Waals surface area contributed by atoms with E-state index >= 15 is 0 Å². The van der Waals surface area contributed by atoms with E-state index in [-0.39, 0.29) is 22.2 Å². The lowest BCUT2D eigenvalue weighted by atomic mass is 10.3. The average molecular weight is 392 g/mol. The largest absolute Gasteiger partial charge is 0.433 e. The van der Waals surface area contributed by atoms with Crippen LogP contribution < -0.4 is 10.0 Å². The van der Waals surface area contributed by atoms with E-state index in [2.05, 4.69) is 15.2 Å². The van der Waals surface area contributed by atoms with Crippen molar-refractivity contribution in [2.75, 3.05) is 10.0 Å². The van der Waals surface area contributed by atoms with Gasteiger partial charge in [-0.1, -0.05) is 5.16 Å². The number of furan rings is 1. The van der Waals surface area contributed by atoms with Crippen molar-refractivity contribution in [1.82, 2.24) is 5.16 Å². The molecule has 0 atom stereocenters. The van der Waals surface area contributed by atoms with E-state index in [4.69, 9.17) is 8.94 Å². The summed E-state index contributed by atoms with van der Waals surface area (Å²) in [6, 6.07) is 8.91. The minimum atomic E-state index is -3.88. The van der Waals surface area contributed by atoms with E-state index in [9.17, 15) is 23.3 Å². The molecule has 2 N–H and O–H groups in total. The maximum absolute atomic E-state index is 12.3. The molecule has 0 saturated carbocycles. The molecule has 27 heavy (non-hydrogen) atoms. The summed E-state index contributed by atoms with van der Waals surface area (Å²) in [4.78, 5) is 21.7. The first-order chi connectivity index (χ1) is 12.7. The lowest BCUT2D eigenvalue weighted by molar-refractivity contribution is -0.402. The standard InChI is InChI=1S/C15H12N4O7S/c1-9-8-13(17-26-9)18-27(23,24)11-4-2-10(3-5-11)16-15(20)12-6-7-14(25-12)19(21)22/h2-8H,1H3,(H,16,20)(H,17,18). The first-order valence-electron chi connectivity index (χ1n) is 7.36. The molecule has 0 fully saturated rings. The topological polar surface area (TPSA) is 158 Å². The number of benzene rings is 1. The number of carbonyl (C=O) groups excluding carboxylic acids is 1. The quantitative estimate of drug-likeness (QED) is 0.478. The number of hydrogen-bond donors (Lipinski definition) is 2. The second-order valence-corrected chi connectivity index (χ2v) is 6.98. The van der Waals surface area contributed by atoms with Gasteiger partial charge in [0.05, 0.1) is 11.0 Å². The first-order valence-corrected chi connectivity index (χ1v) is 8.85. The third-order valence-electron chi connectivity index (χ3n) is 3.28. The number of nitro groups is 1. The van der Waals surface area contributed by atoms with Gasteiger partial charge >= 0.3 is 5.88 Å². The summed E-state index contributed by atoms with van der Waals surface area (Å²) in [5.74, 6) is -1.03. The summed E-state index contributed by atoms with van der Waals surface area (Å²) in [6.07, 6.45) is 0. The van der Waals surface area contributed by atoms with Crippen molar-refractivity contribution in [2.24, 2.45) is 0 Å². The molecule has 0 radical (unpaired) electrons. The Balaban J connectivity index is 1.70. The highest BCUT2D eigenvalue weighted by atomic mass is 32.2. The number of amides is 1. The zero-order chi connectivity index (χ0) is 19.6. The second kappa shape index (κ2) is 6.92. The van der Waals surface area contributed by atoms with E-state index in [0.29, 0.717) is 5.76 Å². The Kier molecular flexibility index (Phi) is 4.64. The molecule has 2 aromatic heterocycles. The average Bonchev–Trinajstić information content (AvgIpc) is 3.24. The zero-order valence-electron chi connectivity index (χ0n) is 13.7. The Labute approximate surface area is 152 Å². The molecule has 11 nitrogen and oxygen atoms in total. The highest BCUT2D eigenvalue weighted by molar-refractivity contribution is 7.92. The Bertz CT molecular complexity index is 1100. The van der Waals surface area contributed by atoms with Crippen molar-refractivity contribution >= 4 is 33.3 Å². The number of sulfonamides is 1. The molecule has 0 bridgehead atoms. The van der Waals surface area contributed by atoms with Crippen LogP contribution in [-0.4, -0.2) is 24.4 Å². The van der Waals surface area contributed by atoms with Crippen LogP contribution in [0, 0.1) is 17.0 Å². The number of aryl methyl sites for hydroxylation is 1. The van der Waals surface area contributed by atoms with E-state index < -0.39 is 26.7 Å². The maximum atomic E-state index is 12.3. The van der Waals surface area contributed by atoms with Crippen LogP contribution in [0.1, 0.15) is 16.3 Å². The van der Waals surface area contributed by atoms with Crippen LogP contribution in [0.5, 0.6) is 0 Å². The predicted molar refractivity (Wildman–Crippen MR) is 91.8 cm³/mol. The molecule has 3 rings (SSSR count). The van der Waals surface area contributed by atoms with Gasteiger partial charge in [0.25, 0.3) is 15.9 Å². The van der Waals surface area contributed by atoms with Gasteiger partial charge in [0.2, 0.25) is 0 Å². The molecule has 12 heteroatoms. The van der Waals surface area contributed by atoms with Crippen molar-refractivity contribution in [3.05, 3.63) is 64.1 Å². The zero-order valence-corrected chi connectivity index (χ0v) is 14.5. The summed E-state index contributed by atoms with van der Waals surface area (Å²) in [5, 5.41) is 16.6. The summed E-state index contributed by atoms with van der Waals surface area (Å²) in [5.41, 5.74) is 0.273. The van der Waals surface area contributed by atoms with E-state index in [0.717, 1.165) is 12.1 Å². The van der Waals surface area contributed by atoms with Crippen molar-refractivity contribution in [3.8, 4) is 0 Å². The molecule has 0 aliphatic rings. The first kappa shape index (κ1) is 18.1. The molecular formula is C15H12N4O7S. The van der Waals surface area contributed by atoms with Gasteiger partial charge in [-0.3, -0.25) is 19.6 Å². The summed E-state index contributed by atoms with van der Waals surface area (Å²) in [6.45, 7) is 1.62. The number of hydrogen-bond acceptors (Lipinski definition) is 8. The maximum Gasteiger partial charge on any atom is 0.433 e. The van der Waals surface area contributed by atoms with Crippen LogP contribution in [0.2, 0.25) is 0 Å². The second-order valence-electron chi connectivity index (χ2n) is 5.30.